The number of carbonyl (C=O) groups excluding carboxylic acids is 1. The minimum absolute atomic E-state index is 0.0923. The number of hydrogen-bond acceptors (Lipinski definition) is 4. The summed E-state index contributed by atoms with van der Waals surface area (Å²) in [6, 6.07) is 18.7. The molecule has 208 valence electrons. The molecule has 2 aromatic rings. The van der Waals surface area contributed by atoms with Gasteiger partial charge >= 0.3 is 236 Å². The zero-order chi connectivity index (χ0) is 27.0. The molecule has 0 aliphatic carbocycles. The van der Waals surface area contributed by atoms with Crippen LogP contribution in [0, 0.1) is 5.92 Å². The first-order chi connectivity index (χ1) is 18.5. The van der Waals surface area contributed by atoms with E-state index in [9.17, 15) is 9.90 Å². The van der Waals surface area contributed by atoms with Crippen molar-refractivity contribution in [3.05, 3.63) is 71.8 Å². The number of benzene rings is 2. The summed E-state index contributed by atoms with van der Waals surface area (Å²) in [5.74, 6) is -0.0917. The van der Waals surface area contributed by atoms with Crippen molar-refractivity contribution in [2.75, 3.05) is 13.1 Å². The van der Waals surface area contributed by atoms with E-state index in [0.29, 0.717) is 21.1 Å². The number of aliphatic hydroxyl groups is 1. The van der Waals surface area contributed by atoms with Crippen LogP contribution in [0.1, 0.15) is 83.3 Å². The van der Waals surface area contributed by atoms with Crippen molar-refractivity contribution in [3.8, 4) is 0 Å². The monoisotopic (exact) mass is 627 g/mol. The maximum absolute atomic E-state index is 14.3. The van der Waals surface area contributed by atoms with Crippen molar-refractivity contribution in [1.82, 2.24) is 4.90 Å². The standard InChI is InChI=1S/C21H22NO3.3C4H9.Sn/c23-20(25-19-15-22-13-11-16(19)12-14-22)21(24,17-7-3-1-4-8-17)18-9-5-2-6-10-18;3*1-3-4-2;/h1-10,15-16,19,24H,11-14H2;3*1,3-4H2,2H3;. The van der Waals surface area contributed by atoms with Crippen LogP contribution in [-0.4, -0.2) is 57.6 Å². The Bertz CT molecular complexity index is 929. The molecule has 3 aliphatic heterocycles. The Morgan fingerprint density at radius 3 is 1.71 bits per heavy atom. The quantitative estimate of drug-likeness (QED) is 0.177. The molecule has 5 rings (SSSR count). The number of unbranched alkanes of at least 4 members (excludes halogenated alkanes) is 3. The molecule has 0 radical (unpaired) electrons. The number of hydrogen-bond donors (Lipinski definition) is 1. The molecule has 0 saturated carbocycles. The second-order valence-corrected chi connectivity index (χ2v) is 25.5. The van der Waals surface area contributed by atoms with Gasteiger partial charge in [0, 0.05) is 0 Å². The molecule has 0 aromatic heterocycles. The van der Waals surface area contributed by atoms with Gasteiger partial charge in [-0.25, -0.2) is 0 Å². The molecular formula is C33H49NO3Sn. The molecule has 4 nitrogen and oxygen atoms in total. The van der Waals surface area contributed by atoms with Gasteiger partial charge in [0.1, 0.15) is 0 Å². The first-order valence-corrected chi connectivity index (χ1v) is 23.0. The summed E-state index contributed by atoms with van der Waals surface area (Å²) in [6.07, 6.45) is 9.72. The zero-order valence-electron chi connectivity index (χ0n) is 23.9. The van der Waals surface area contributed by atoms with E-state index in [2.05, 4.69) is 25.7 Å². The van der Waals surface area contributed by atoms with Crippen molar-refractivity contribution < 1.29 is 14.6 Å². The SMILES string of the molecule is CCC[CH2][Sn]([CH2]CCC)([CH2]CCC)[CH]1C(OC(=O)C(O)(c2ccccc2)c2ccccc2)C2CCN1CC2. The van der Waals surface area contributed by atoms with Crippen LogP contribution in [0.25, 0.3) is 0 Å². The van der Waals surface area contributed by atoms with E-state index in [1.807, 2.05) is 60.7 Å². The summed E-state index contributed by atoms with van der Waals surface area (Å²) in [4.78, 5) is 17.0. The number of fused-ring (bicyclic) bond motifs is 3. The molecule has 0 amide bonds. The Hall–Kier alpha value is -1.37. The third kappa shape index (κ3) is 6.18. The number of piperidine rings is 3. The van der Waals surface area contributed by atoms with Gasteiger partial charge in [0.25, 0.3) is 0 Å². The first-order valence-electron chi connectivity index (χ1n) is 15.3. The van der Waals surface area contributed by atoms with Crippen molar-refractivity contribution in [3.63, 3.8) is 0 Å². The van der Waals surface area contributed by atoms with E-state index < -0.39 is 29.9 Å². The summed E-state index contributed by atoms with van der Waals surface area (Å²) in [5, 5.41) is 12.2. The van der Waals surface area contributed by atoms with Crippen LogP contribution in [0.15, 0.2) is 60.7 Å². The van der Waals surface area contributed by atoms with Gasteiger partial charge in [-0.05, 0) is 0 Å². The predicted octanol–water partition coefficient (Wildman–Crippen LogP) is 7.32. The van der Waals surface area contributed by atoms with E-state index >= 15 is 0 Å². The Kier molecular flexibility index (Phi) is 10.8. The number of carbonyl (C=O) groups is 1. The van der Waals surface area contributed by atoms with E-state index in [-0.39, 0.29) is 6.10 Å². The average Bonchev–Trinajstić information content (AvgIpc) is 2.98. The molecule has 3 heterocycles. The average molecular weight is 626 g/mol. The van der Waals surface area contributed by atoms with Crippen LogP contribution in [0.4, 0.5) is 0 Å². The summed E-state index contributed by atoms with van der Waals surface area (Å²) in [5.41, 5.74) is -0.661. The van der Waals surface area contributed by atoms with Gasteiger partial charge in [0.15, 0.2) is 0 Å². The minimum atomic E-state index is -2.78. The van der Waals surface area contributed by atoms with Crippen LogP contribution in [0.5, 0.6) is 0 Å². The second kappa shape index (κ2) is 13.8. The molecule has 0 spiro atoms. The van der Waals surface area contributed by atoms with Gasteiger partial charge in [-0.2, -0.15) is 0 Å². The molecule has 3 saturated heterocycles. The Morgan fingerprint density at radius 2 is 1.29 bits per heavy atom. The second-order valence-electron chi connectivity index (χ2n) is 11.8. The molecule has 38 heavy (non-hydrogen) atoms. The fourth-order valence-corrected chi connectivity index (χ4v) is 26.9. The van der Waals surface area contributed by atoms with E-state index in [0.717, 1.165) is 25.9 Å². The summed E-state index contributed by atoms with van der Waals surface area (Å²) in [6.45, 7) is 9.25. The molecule has 3 aliphatic rings. The molecule has 5 heteroatoms. The fraction of sp³-hybridized carbons (Fsp3) is 0.606. The number of esters is 1. The van der Waals surface area contributed by atoms with E-state index in [1.54, 1.807) is 0 Å². The molecule has 2 aromatic carbocycles. The molecule has 2 unspecified atom stereocenters. The van der Waals surface area contributed by atoms with Crippen molar-refractivity contribution in [1.29, 1.82) is 0 Å². The molecule has 2 atom stereocenters. The summed E-state index contributed by atoms with van der Waals surface area (Å²) >= 11 is -2.78. The van der Waals surface area contributed by atoms with Crippen LogP contribution < -0.4 is 0 Å². The molecule has 3 fully saturated rings. The van der Waals surface area contributed by atoms with Gasteiger partial charge in [-0.15, -0.1) is 0 Å². The first kappa shape index (κ1) is 29.6. The van der Waals surface area contributed by atoms with Gasteiger partial charge in [-0.3, -0.25) is 0 Å². The van der Waals surface area contributed by atoms with Gasteiger partial charge < -0.3 is 0 Å². The third-order valence-electron chi connectivity index (χ3n) is 9.38. The van der Waals surface area contributed by atoms with Crippen molar-refractivity contribution >= 4 is 24.3 Å². The number of ether oxygens (including phenoxy) is 1. The molecule has 2 bridgehead atoms. The van der Waals surface area contributed by atoms with Crippen molar-refractivity contribution in [2.45, 2.75) is 101 Å². The van der Waals surface area contributed by atoms with Gasteiger partial charge in [-0.1, -0.05) is 0 Å². The van der Waals surface area contributed by atoms with Crippen LogP contribution >= 0.6 is 0 Å². The molecular weight excluding hydrogens is 577 g/mol. The fourth-order valence-electron chi connectivity index (χ4n) is 7.26. The predicted molar refractivity (Wildman–Crippen MR) is 159 cm³/mol. The topological polar surface area (TPSA) is 49.8 Å². The van der Waals surface area contributed by atoms with Crippen molar-refractivity contribution in [2.24, 2.45) is 5.92 Å². The molecule has 1 N–H and O–H groups in total. The Morgan fingerprint density at radius 1 is 0.842 bits per heavy atom. The number of nitrogens with zero attached hydrogens (tertiary/aromatic N) is 1. The third-order valence-corrected chi connectivity index (χ3v) is 26.5. The zero-order valence-corrected chi connectivity index (χ0v) is 26.8. The summed E-state index contributed by atoms with van der Waals surface area (Å²) in [7, 11) is 0. The number of rotatable bonds is 14. The van der Waals surface area contributed by atoms with Gasteiger partial charge in [0.2, 0.25) is 0 Å². The van der Waals surface area contributed by atoms with E-state index in [4.69, 9.17) is 4.74 Å². The van der Waals surface area contributed by atoms with E-state index in [1.165, 1.54) is 51.8 Å². The van der Waals surface area contributed by atoms with Gasteiger partial charge in [0.05, 0.1) is 0 Å². The normalized spacial score (nSPS) is 23.4. The maximum atomic E-state index is 14.3. The Balaban J connectivity index is 1.73. The van der Waals surface area contributed by atoms with Crippen LogP contribution in [0.3, 0.4) is 0 Å². The van der Waals surface area contributed by atoms with Crippen LogP contribution in [0.2, 0.25) is 13.3 Å². The van der Waals surface area contributed by atoms with Crippen LogP contribution in [-0.2, 0) is 15.1 Å². The Labute approximate surface area is 235 Å². The summed E-state index contributed by atoms with van der Waals surface area (Å²) < 4.78 is 11.3.